The quantitative estimate of drug-likeness (QED) is 0.805. The first-order valence-corrected chi connectivity index (χ1v) is 5.45. The molecule has 0 saturated heterocycles. The van der Waals surface area contributed by atoms with Crippen molar-refractivity contribution in [2.75, 3.05) is 13.2 Å². The van der Waals surface area contributed by atoms with Crippen LogP contribution in [0.3, 0.4) is 0 Å². The Balaban J connectivity index is 2.45. The Hall–Kier alpha value is -1.49. The zero-order valence-electron chi connectivity index (χ0n) is 8.27. The molecule has 4 nitrogen and oxygen atoms in total. The summed E-state index contributed by atoms with van der Waals surface area (Å²) in [6.07, 6.45) is 3.67. The van der Waals surface area contributed by atoms with Crippen molar-refractivity contribution in [2.24, 2.45) is 0 Å². The molecule has 0 amide bonds. The molecule has 0 saturated carbocycles. The number of aromatic carboxylic acids is 1. The minimum Gasteiger partial charge on any atom is -0.486 e. The van der Waals surface area contributed by atoms with Crippen molar-refractivity contribution < 1.29 is 19.4 Å². The van der Waals surface area contributed by atoms with Gasteiger partial charge in [-0.3, -0.25) is 0 Å². The smallest absolute Gasteiger partial charge is 0.335 e. The van der Waals surface area contributed by atoms with E-state index in [1.54, 1.807) is 0 Å². The van der Waals surface area contributed by atoms with Crippen molar-refractivity contribution in [2.45, 2.75) is 0 Å². The molecule has 1 aliphatic heterocycles. The van der Waals surface area contributed by atoms with E-state index in [9.17, 15) is 4.79 Å². The first-order chi connectivity index (χ1) is 7.68. The molecule has 0 fully saturated rings. The van der Waals surface area contributed by atoms with Gasteiger partial charge in [0.25, 0.3) is 0 Å². The highest BCUT2D eigenvalue weighted by Crippen LogP contribution is 2.37. The van der Waals surface area contributed by atoms with E-state index in [0.717, 1.165) is 0 Å². The highest BCUT2D eigenvalue weighted by Gasteiger charge is 2.15. The fourth-order valence-electron chi connectivity index (χ4n) is 1.34. The predicted octanol–water partition coefficient (Wildman–Crippen LogP) is 2.47. The lowest BCUT2D eigenvalue weighted by molar-refractivity contribution is 0.0696. The number of fused-ring (bicyclic) bond motifs is 1. The summed E-state index contributed by atoms with van der Waals surface area (Å²) in [7, 11) is 0. The maximum absolute atomic E-state index is 10.9. The average molecular weight is 285 g/mol. The van der Waals surface area contributed by atoms with Gasteiger partial charge in [-0.25, -0.2) is 4.79 Å². The van der Waals surface area contributed by atoms with E-state index in [1.807, 2.05) is 12.2 Å². The van der Waals surface area contributed by atoms with Crippen LogP contribution in [-0.4, -0.2) is 24.3 Å². The van der Waals surface area contributed by atoms with Gasteiger partial charge in [-0.15, -0.1) is 0 Å². The van der Waals surface area contributed by atoms with Crippen molar-refractivity contribution in [3.8, 4) is 11.5 Å². The second-order valence-corrected chi connectivity index (χ2v) is 4.04. The molecule has 0 atom stereocenters. The molecule has 2 rings (SSSR count). The Bertz CT molecular complexity index is 454. The van der Waals surface area contributed by atoms with Crippen LogP contribution in [0.15, 0.2) is 28.8 Å². The van der Waals surface area contributed by atoms with E-state index < -0.39 is 5.97 Å². The van der Waals surface area contributed by atoms with E-state index in [1.165, 1.54) is 12.1 Å². The Labute approximate surface area is 101 Å². The van der Waals surface area contributed by atoms with Gasteiger partial charge in [-0.05, 0) is 40.2 Å². The van der Waals surface area contributed by atoms with Crippen LogP contribution in [0, 0.1) is 0 Å². The van der Waals surface area contributed by atoms with E-state index in [-0.39, 0.29) is 5.56 Å². The molecule has 1 aromatic carbocycles. The van der Waals surface area contributed by atoms with E-state index in [2.05, 4.69) is 15.9 Å². The third-order valence-corrected chi connectivity index (χ3v) is 2.67. The van der Waals surface area contributed by atoms with Crippen molar-refractivity contribution in [3.63, 3.8) is 0 Å². The molecular formula is C11H9BrO4. The van der Waals surface area contributed by atoms with Crippen LogP contribution >= 0.6 is 15.9 Å². The topological polar surface area (TPSA) is 55.8 Å². The van der Waals surface area contributed by atoms with Crippen molar-refractivity contribution in [1.82, 2.24) is 0 Å². The van der Waals surface area contributed by atoms with E-state index >= 15 is 0 Å². The van der Waals surface area contributed by atoms with Gasteiger partial charge < -0.3 is 14.6 Å². The predicted molar refractivity (Wildman–Crippen MR) is 61.2 cm³/mol. The highest BCUT2D eigenvalue weighted by atomic mass is 79.9. The van der Waals surface area contributed by atoms with Gasteiger partial charge in [-0.1, -0.05) is 0 Å². The molecule has 0 spiro atoms. The maximum atomic E-state index is 10.9. The lowest BCUT2D eigenvalue weighted by Crippen LogP contribution is -2.06. The summed E-state index contributed by atoms with van der Waals surface area (Å²) in [6.45, 7) is 0.854. The lowest BCUT2D eigenvalue weighted by Gasteiger charge is -2.15. The molecule has 0 radical (unpaired) electrons. The number of hydrogen-bond donors (Lipinski definition) is 1. The Morgan fingerprint density at radius 1 is 1.25 bits per heavy atom. The number of carbonyl (C=O) groups is 1. The molecule has 16 heavy (non-hydrogen) atoms. The zero-order valence-corrected chi connectivity index (χ0v) is 9.86. The normalized spacial score (nSPS) is 14.1. The van der Waals surface area contributed by atoms with Crippen LogP contribution in [0.5, 0.6) is 11.5 Å². The second-order valence-electron chi connectivity index (χ2n) is 3.18. The Morgan fingerprint density at radius 3 is 2.62 bits per heavy atom. The fraction of sp³-hybridized carbons (Fsp3) is 0.182. The van der Waals surface area contributed by atoms with E-state index in [0.29, 0.717) is 29.2 Å². The second kappa shape index (κ2) is 4.57. The highest BCUT2D eigenvalue weighted by molar-refractivity contribution is 9.10. The third-order valence-electron chi connectivity index (χ3n) is 2.08. The lowest BCUT2D eigenvalue weighted by atomic mass is 10.2. The minimum atomic E-state index is -0.996. The number of hydrogen-bond acceptors (Lipinski definition) is 3. The molecule has 1 heterocycles. The zero-order chi connectivity index (χ0) is 11.5. The third kappa shape index (κ3) is 2.19. The summed E-state index contributed by atoms with van der Waals surface area (Å²) in [4.78, 5) is 10.9. The average Bonchev–Trinajstić information content (AvgIpc) is 2.19. The molecule has 84 valence electrons. The fourth-order valence-corrected chi connectivity index (χ4v) is 1.90. The first kappa shape index (κ1) is 11.0. The summed E-state index contributed by atoms with van der Waals surface area (Å²) >= 11 is 3.27. The van der Waals surface area contributed by atoms with Crippen LogP contribution in [0.2, 0.25) is 0 Å². The Morgan fingerprint density at radius 2 is 1.94 bits per heavy atom. The largest absolute Gasteiger partial charge is 0.486 e. The first-order valence-electron chi connectivity index (χ1n) is 4.66. The molecule has 0 aliphatic carbocycles. The summed E-state index contributed by atoms with van der Waals surface area (Å²) in [5.41, 5.74) is 0.166. The van der Waals surface area contributed by atoms with Crippen LogP contribution < -0.4 is 9.47 Å². The number of ether oxygens (including phenoxy) is 2. The van der Waals surface area contributed by atoms with Crippen LogP contribution in [-0.2, 0) is 0 Å². The molecule has 1 aliphatic rings. The molecule has 5 heteroatoms. The van der Waals surface area contributed by atoms with Crippen LogP contribution in [0.1, 0.15) is 10.4 Å². The van der Waals surface area contributed by atoms with E-state index in [4.69, 9.17) is 14.6 Å². The summed E-state index contributed by atoms with van der Waals surface area (Å²) in [6, 6.07) is 2.96. The molecule has 1 aromatic rings. The molecule has 0 bridgehead atoms. The number of carboxylic acids is 1. The number of rotatable bonds is 1. The standard InChI is InChI=1S/C11H9BrO4/c12-8-5-7(11(13)14)6-9-10(8)16-4-2-1-3-15-9/h1-2,5-6H,3-4H2,(H,13,14). The van der Waals surface area contributed by atoms with Gasteiger partial charge in [-0.2, -0.15) is 0 Å². The molecule has 1 N–H and O–H groups in total. The number of carboxylic acid groups (broad SMARTS) is 1. The van der Waals surface area contributed by atoms with Gasteiger partial charge in [0, 0.05) is 0 Å². The molecule has 0 aromatic heterocycles. The van der Waals surface area contributed by atoms with Gasteiger partial charge in [0.2, 0.25) is 0 Å². The molecular weight excluding hydrogens is 276 g/mol. The monoisotopic (exact) mass is 284 g/mol. The SMILES string of the molecule is O=C(O)c1cc(Br)c2c(c1)OCC=CCO2. The summed E-state index contributed by atoms with van der Waals surface area (Å²) in [5.74, 6) is -0.0184. The van der Waals surface area contributed by atoms with Gasteiger partial charge in [0.1, 0.15) is 13.2 Å². The van der Waals surface area contributed by atoms with Crippen molar-refractivity contribution >= 4 is 21.9 Å². The Kier molecular flexibility index (Phi) is 3.14. The van der Waals surface area contributed by atoms with Crippen molar-refractivity contribution in [3.05, 3.63) is 34.3 Å². The van der Waals surface area contributed by atoms with Gasteiger partial charge in [0.05, 0.1) is 10.0 Å². The number of benzene rings is 1. The summed E-state index contributed by atoms with van der Waals surface area (Å²) in [5, 5.41) is 8.91. The van der Waals surface area contributed by atoms with Gasteiger partial charge >= 0.3 is 5.97 Å². The van der Waals surface area contributed by atoms with Crippen molar-refractivity contribution in [1.29, 1.82) is 0 Å². The van der Waals surface area contributed by atoms with Crippen LogP contribution in [0.25, 0.3) is 0 Å². The summed E-state index contributed by atoms with van der Waals surface area (Å²) < 4.78 is 11.4. The molecule has 0 unspecified atom stereocenters. The minimum absolute atomic E-state index is 0.166. The van der Waals surface area contributed by atoms with Gasteiger partial charge in [0.15, 0.2) is 11.5 Å². The van der Waals surface area contributed by atoms with Crippen LogP contribution in [0.4, 0.5) is 0 Å². The number of halogens is 1. The maximum Gasteiger partial charge on any atom is 0.335 e.